The van der Waals surface area contributed by atoms with E-state index in [9.17, 15) is 39.9 Å². The molecule has 3 aliphatic carbocycles. The van der Waals surface area contributed by atoms with E-state index in [2.05, 4.69) is 0 Å². The lowest BCUT2D eigenvalue weighted by molar-refractivity contribution is -0.389. The zero-order valence-electron chi connectivity index (χ0n) is 19.0. The molecule has 12 heteroatoms. The monoisotopic (exact) mass is 508 g/mol. The molecule has 5 rings (SSSR count). The third-order valence-electron chi connectivity index (χ3n) is 8.37. The van der Waals surface area contributed by atoms with E-state index >= 15 is 0 Å². The summed E-state index contributed by atoms with van der Waals surface area (Å²) in [6, 6.07) is 2.84. The van der Waals surface area contributed by atoms with Gasteiger partial charge in [0.2, 0.25) is 5.79 Å². The third-order valence-corrected chi connectivity index (χ3v) is 9.03. The van der Waals surface area contributed by atoms with Crippen molar-refractivity contribution in [2.24, 2.45) is 17.6 Å². The topological polar surface area (TPSA) is 191 Å². The Morgan fingerprint density at radius 2 is 1.86 bits per heavy atom. The van der Waals surface area contributed by atoms with E-state index in [1.54, 1.807) is 13.0 Å². The summed E-state index contributed by atoms with van der Waals surface area (Å²) < 4.78 is 5.74. The van der Waals surface area contributed by atoms with Gasteiger partial charge in [-0.05, 0) is 25.7 Å². The Labute approximate surface area is 204 Å². The first-order valence-corrected chi connectivity index (χ1v) is 11.3. The molecule has 0 aromatic heterocycles. The van der Waals surface area contributed by atoms with Gasteiger partial charge in [-0.1, -0.05) is 19.1 Å². The first kappa shape index (κ1) is 24.2. The molecule has 11 nitrogen and oxygen atoms in total. The van der Waals surface area contributed by atoms with E-state index < -0.39 is 86.8 Å². The number of nitrogens with two attached hydrogens (primary N) is 1. The highest BCUT2D eigenvalue weighted by Gasteiger charge is 2.86. The zero-order valence-corrected chi connectivity index (χ0v) is 19.8. The molecule has 0 radical (unpaired) electrons. The largest absolute Gasteiger partial charge is 0.508 e. The van der Waals surface area contributed by atoms with Crippen LogP contribution in [0.2, 0.25) is 0 Å². The lowest BCUT2D eigenvalue weighted by Gasteiger charge is -2.70. The maximum Gasteiger partial charge on any atom is 0.255 e. The van der Waals surface area contributed by atoms with Crippen LogP contribution in [0.3, 0.4) is 0 Å². The second kappa shape index (κ2) is 6.81. The van der Waals surface area contributed by atoms with Crippen molar-refractivity contribution in [2.75, 3.05) is 20.7 Å². The van der Waals surface area contributed by atoms with Crippen LogP contribution in [-0.2, 0) is 19.7 Å². The number of aliphatic hydroxyl groups excluding tert-OH is 2. The van der Waals surface area contributed by atoms with Crippen LogP contribution in [0, 0.1) is 11.8 Å². The lowest BCUT2D eigenvalue weighted by Crippen LogP contribution is -2.89. The van der Waals surface area contributed by atoms with Gasteiger partial charge < -0.3 is 36.0 Å². The highest BCUT2D eigenvalue weighted by Crippen LogP contribution is 2.68. The van der Waals surface area contributed by atoms with Crippen molar-refractivity contribution in [1.29, 1.82) is 0 Å². The summed E-state index contributed by atoms with van der Waals surface area (Å²) in [7, 11) is 2.87. The average molecular weight is 509 g/mol. The number of ketones is 2. The number of ether oxygens (including phenoxy) is 1. The SMILES string of the molecule is CN(C)[C@@H]1C(=O)C(C(N)=O)=C(O)[C@]2(O)[C@H]1[C@@H](O)[C@@H]1C3(C)CO[C@@]2(O)[C@@]1(Cl)C(=O)c1c(O)cccc13. The summed E-state index contributed by atoms with van der Waals surface area (Å²) in [4.78, 5) is 38.0. The van der Waals surface area contributed by atoms with Crippen molar-refractivity contribution in [1.82, 2.24) is 4.90 Å². The molecule has 0 spiro atoms. The number of phenolic OH excluding ortho intramolecular Hbond substituents is 1. The molecule has 1 unspecified atom stereocenters. The predicted octanol–water partition coefficient (Wildman–Crippen LogP) is -1.31. The number of primary amides is 1. The molecular formula is C23H25ClN2O9. The van der Waals surface area contributed by atoms with Crippen molar-refractivity contribution in [3.05, 3.63) is 40.7 Å². The summed E-state index contributed by atoms with van der Waals surface area (Å²) in [6.07, 6.45) is -1.78. The van der Waals surface area contributed by atoms with Gasteiger partial charge in [0, 0.05) is 17.3 Å². The Morgan fingerprint density at radius 3 is 2.43 bits per heavy atom. The summed E-state index contributed by atoms with van der Waals surface area (Å²) in [6.45, 7) is 1.21. The number of fused-ring (bicyclic) bond motifs is 4. The van der Waals surface area contributed by atoms with Gasteiger partial charge >= 0.3 is 0 Å². The molecule has 1 amide bonds. The normalized spacial score (nSPS) is 44.2. The minimum Gasteiger partial charge on any atom is -0.508 e. The number of hydrogen-bond acceptors (Lipinski definition) is 10. The number of alkyl halides is 1. The van der Waals surface area contributed by atoms with Gasteiger partial charge in [-0.15, -0.1) is 11.6 Å². The standard InChI is InChI=1S/C23H25ClN2O9/c1-20-7-35-23(34)21(24,17(30)10-8(20)5-4-6-9(10)27)16(20)15(29)12-13(26(2)3)14(28)11(19(25)32)18(31)22(12,23)33/h4-6,12-13,15-16,27,29,31,33-34H,7H2,1-3H3,(H2,25,32)/t12-,13+,15-,16-,20?,21+,22-,23+/m1/s1. The van der Waals surface area contributed by atoms with E-state index in [4.69, 9.17) is 22.1 Å². The van der Waals surface area contributed by atoms with Gasteiger partial charge in [0.15, 0.2) is 22.0 Å². The molecule has 188 valence electrons. The lowest BCUT2D eigenvalue weighted by atomic mass is 9.44. The Bertz CT molecular complexity index is 1250. The van der Waals surface area contributed by atoms with Crippen LogP contribution in [0.4, 0.5) is 0 Å². The molecule has 1 aromatic carbocycles. The predicted molar refractivity (Wildman–Crippen MR) is 119 cm³/mol. The van der Waals surface area contributed by atoms with Crippen molar-refractivity contribution in [3.8, 4) is 5.75 Å². The fraction of sp³-hybridized carbons (Fsp3) is 0.522. The molecule has 1 aliphatic heterocycles. The quantitative estimate of drug-likeness (QED) is 0.206. The average Bonchev–Trinajstić information content (AvgIpc) is 2.76. The minimum absolute atomic E-state index is 0.230. The van der Waals surface area contributed by atoms with Gasteiger partial charge in [-0.2, -0.15) is 0 Å². The summed E-state index contributed by atoms with van der Waals surface area (Å²) >= 11 is 6.91. The van der Waals surface area contributed by atoms with Crippen molar-refractivity contribution in [2.45, 2.75) is 40.7 Å². The molecular weight excluding hydrogens is 484 g/mol. The van der Waals surface area contributed by atoms with E-state index in [0.29, 0.717) is 5.56 Å². The molecule has 8 atom stereocenters. The Hall–Kier alpha value is -2.54. The number of benzene rings is 1. The number of hydrogen-bond donors (Lipinski definition) is 6. The van der Waals surface area contributed by atoms with Crippen LogP contribution in [0.1, 0.15) is 22.8 Å². The maximum absolute atomic E-state index is 13.9. The highest BCUT2D eigenvalue weighted by molar-refractivity contribution is 6.41. The molecule has 7 N–H and O–H groups in total. The second-order valence-electron chi connectivity index (χ2n) is 10.2. The zero-order chi connectivity index (χ0) is 26.0. The second-order valence-corrected chi connectivity index (χ2v) is 10.8. The van der Waals surface area contributed by atoms with Gasteiger partial charge in [-0.25, -0.2) is 0 Å². The van der Waals surface area contributed by atoms with E-state index in [0.717, 1.165) is 0 Å². The van der Waals surface area contributed by atoms with Gasteiger partial charge in [0.25, 0.3) is 5.91 Å². The number of halogens is 1. The van der Waals surface area contributed by atoms with Crippen LogP contribution in [0.15, 0.2) is 29.5 Å². The molecule has 1 heterocycles. The van der Waals surface area contributed by atoms with Crippen LogP contribution in [0.5, 0.6) is 5.75 Å². The van der Waals surface area contributed by atoms with Crippen molar-refractivity contribution in [3.63, 3.8) is 0 Å². The number of likely N-dealkylation sites (N-methyl/N-ethyl adjacent to an activating group) is 1. The summed E-state index contributed by atoms with van der Waals surface area (Å²) in [5.41, 5.74) is 0.00791. The summed E-state index contributed by atoms with van der Waals surface area (Å²) in [5, 5.41) is 57.4. The highest BCUT2D eigenvalue weighted by atomic mass is 35.5. The fourth-order valence-corrected chi connectivity index (χ4v) is 7.56. The fourth-order valence-electron chi connectivity index (χ4n) is 6.90. The number of phenols is 1. The molecule has 1 saturated heterocycles. The maximum atomic E-state index is 13.9. The first-order chi connectivity index (χ1) is 16.1. The number of aromatic hydroxyl groups is 1. The molecule has 4 aliphatic rings. The number of nitrogens with zero attached hydrogens (tertiary/aromatic N) is 1. The van der Waals surface area contributed by atoms with Gasteiger partial charge in [0.05, 0.1) is 24.3 Å². The molecule has 35 heavy (non-hydrogen) atoms. The first-order valence-electron chi connectivity index (χ1n) is 10.9. The van der Waals surface area contributed by atoms with Gasteiger partial charge in [0.1, 0.15) is 17.1 Å². The van der Waals surface area contributed by atoms with Crippen molar-refractivity contribution < 1.29 is 44.7 Å². The van der Waals surface area contributed by atoms with Crippen LogP contribution in [-0.4, -0.2) is 97.0 Å². The Morgan fingerprint density at radius 1 is 1.23 bits per heavy atom. The van der Waals surface area contributed by atoms with Crippen LogP contribution < -0.4 is 5.73 Å². The van der Waals surface area contributed by atoms with Crippen LogP contribution >= 0.6 is 11.6 Å². The number of carbonyl (C=O) groups excluding carboxylic acids is 3. The van der Waals surface area contributed by atoms with Gasteiger partial charge in [-0.3, -0.25) is 19.3 Å². The number of rotatable bonds is 2. The Balaban J connectivity index is 1.91. The molecule has 1 aromatic rings. The van der Waals surface area contributed by atoms with E-state index in [1.165, 1.54) is 31.1 Å². The Kier molecular flexibility index (Phi) is 4.70. The molecule has 2 fully saturated rings. The number of aliphatic hydroxyl groups is 4. The molecule has 1 saturated carbocycles. The number of carbonyl (C=O) groups is 3. The minimum atomic E-state index is -3.15. The smallest absolute Gasteiger partial charge is 0.255 e. The van der Waals surface area contributed by atoms with E-state index in [1.807, 2.05) is 0 Å². The summed E-state index contributed by atoms with van der Waals surface area (Å²) in [5.74, 6) is -11.4. The van der Waals surface area contributed by atoms with Crippen LogP contribution in [0.25, 0.3) is 0 Å². The van der Waals surface area contributed by atoms with E-state index in [-0.39, 0.29) is 5.56 Å². The van der Waals surface area contributed by atoms with Crippen molar-refractivity contribution >= 4 is 29.1 Å². The molecule has 4 bridgehead atoms. The number of amides is 1. The number of Topliss-reactive ketones (excluding diaryl/α,β-unsaturated/α-hetero) is 2. The third kappa shape index (κ3) is 2.32.